The Morgan fingerprint density at radius 1 is 0.824 bits per heavy atom. The molecule has 3 N–H and O–H groups in total. The fraction of sp³-hybridized carbons (Fsp3) is 0.435. The molecule has 0 aliphatic carbocycles. The van der Waals surface area contributed by atoms with Crippen LogP contribution in [0.5, 0.6) is 0 Å². The molecule has 0 bridgehead atoms. The molecule has 1 aromatic carbocycles. The van der Waals surface area contributed by atoms with Crippen molar-refractivity contribution in [3.8, 4) is 0 Å². The van der Waals surface area contributed by atoms with Crippen molar-refractivity contribution in [1.82, 2.24) is 10.6 Å². The third-order valence-electron chi connectivity index (χ3n) is 5.58. The first kappa shape index (κ1) is 23.6. The zero-order valence-corrected chi connectivity index (χ0v) is 18.9. The molecule has 4 rings (SSSR count). The quantitative estimate of drug-likeness (QED) is 0.507. The first-order valence-corrected chi connectivity index (χ1v) is 11.3. The Balaban J connectivity index is 1.34. The van der Waals surface area contributed by atoms with E-state index in [0.717, 1.165) is 37.6 Å². The smallest absolute Gasteiger partial charge is 0.287 e. The minimum atomic E-state index is -0.500. The summed E-state index contributed by atoms with van der Waals surface area (Å²) in [6, 6.07) is 9.02. The summed E-state index contributed by atoms with van der Waals surface area (Å²) in [5.74, 6) is -1.23. The molecule has 0 radical (unpaired) electrons. The second kappa shape index (κ2) is 11.5. The molecule has 0 atom stereocenters. The molecule has 3 heterocycles. The van der Waals surface area contributed by atoms with Gasteiger partial charge in [-0.15, -0.1) is 0 Å². The van der Waals surface area contributed by atoms with E-state index in [0.29, 0.717) is 32.1 Å². The van der Waals surface area contributed by atoms with Gasteiger partial charge in [0.25, 0.3) is 5.91 Å². The van der Waals surface area contributed by atoms with Gasteiger partial charge in [-0.2, -0.15) is 0 Å². The van der Waals surface area contributed by atoms with E-state index in [4.69, 9.17) is 13.9 Å². The number of rotatable bonds is 8. The number of nitrogens with zero attached hydrogens (tertiary/aromatic N) is 2. The molecule has 2 aliphatic heterocycles. The minimum absolute atomic E-state index is 0.113. The molecule has 0 spiro atoms. The predicted octanol–water partition coefficient (Wildman–Crippen LogP) is 0.438. The van der Waals surface area contributed by atoms with Crippen molar-refractivity contribution < 1.29 is 28.3 Å². The molecule has 2 aromatic rings. The molecule has 11 nitrogen and oxygen atoms in total. The predicted molar refractivity (Wildman–Crippen MR) is 125 cm³/mol. The van der Waals surface area contributed by atoms with Crippen molar-refractivity contribution in [2.24, 2.45) is 0 Å². The van der Waals surface area contributed by atoms with Crippen LogP contribution >= 0.6 is 0 Å². The average molecular weight is 472 g/mol. The topological polar surface area (TPSA) is 125 Å². The van der Waals surface area contributed by atoms with E-state index in [1.165, 1.54) is 12.3 Å². The molecule has 0 saturated carbocycles. The lowest BCUT2D eigenvalue weighted by Gasteiger charge is -2.33. The van der Waals surface area contributed by atoms with E-state index >= 15 is 0 Å². The minimum Gasteiger partial charge on any atom is -0.459 e. The number of carbonyl (C=O) groups excluding carboxylic acids is 3. The van der Waals surface area contributed by atoms with Crippen LogP contribution in [0.3, 0.4) is 0 Å². The van der Waals surface area contributed by atoms with Gasteiger partial charge in [0.1, 0.15) is 0 Å². The Labute approximate surface area is 197 Å². The summed E-state index contributed by atoms with van der Waals surface area (Å²) in [6.45, 7) is 5.21. The largest absolute Gasteiger partial charge is 0.459 e. The van der Waals surface area contributed by atoms with Gasteiger partial charge in [-0.3, -0.25) is 14.4 Å². The fourth-order valence-electron chi connectivity index (χ4n) is 3.80. The summed E-state index contributed by atoms with van der Waals surface area (Å²) < 4.78 is 15.9. The Morgan fingerprint density at radius 3 is 2.18 bits per heavy atom. The van der Waals surface area contributed by atoms with Gasteiger partial charge in [-0.1, -0.05) is 0 Å². The molecule has 11 heteroatoms. The van der Waals surface area contributed by atoms with Crippen molar-refractivity contribution in [1.29, 1.82) is 0 Å². The van der Waals surface area contributed by atoms with Crippen molar-refractivity contribution in [3.63, 3.8) is 0 Å². The third kappa shape index (κ3) is 6.27. The molecular formula is C23H29N5O6. The third-order valence-corrected chi connectivity index (χ3v) is 5.58. The highest BCUT2D eigenvalue weighted by atomic mass is 16.5. The number of amides is 3. The van der Waals surface area contributed by atoms with Crippen LogP contribution in [0.1, 0.15) is 10.6 Å². The van der Waals surface area contributed by atoms with Crippen molar-refractivity contribution >= 4 is 34.8 Å². The number of benzene rings is 1. The summed E-state index contributed by atoms with van der Waals surface area (Å²) in [5, 5.41) is 7.85. The van der Waals surface area contributed by atoms with Crippen LogP contribution in [0.15, 0.2) is 41.0 Å². The molecule has 1 aromatic heterocycles. The SMILES string of the molecule is O=C(CNC(=O)c1ccco1)NCC(=O)Nc1ccc(N2CCOCC2)cc1N1CCOCC1. The molecule has 0 unspecified atom stereocenters. The van der Waals surface area contributed by atoms with Gasteiger partial charge >= 0.3 is 0 Å². The normalized spacial score (nSPS) is 16.1. The standard InChI is InChI=1S/C23H29N5O6/c29-21(15-25-23(31)20-2-1-9-34-20)24-16-22(30)26-18-4-3-17(27-5-10-32-11-6-27)14-19(18)28-7-12-33-13-8-28/h1-4,9,14H,5-8,10-13,15-16H2,(H,24,29)(H,25,31)(H,26,30). The number of carbonyl (C=O) groups is 3. The molecule has 2 saturated heterocycles. The average Bonchev–Trinajstić information content (AvgIpc) is 3.43. The van der Waals surface area contributed by atoms with Gasteiger partial charge < -0.3 is 39.6 Å². The van der Waals surface area contributed by atoms with E-state index in [2.05, 4.69) is 31.8 Å². The van der Waals surface area contributed by atoms with E-state index in [9.17, 15) is 14.4 Å². The summed E-state index contributed by atoms with van der Waals surface area (Å²) in [6.07, 6.45) is 1.37. The molecule has 182 valence electrons. The van der Waals surface area contributed by atoms with Crippen molar-refractivity contribution in [3.05, 3.63) is 42.4 Å². The Hall–Kier alpha value is -3.57. The van der Waals surface area contributed by atoms with Gasteiger partial charge in [-0.05, 0) is 30.3 Å². The monoisotopic (exact) mass is 471 g/mol. The lowest BCUT2D eigenvalue weighted by Crippen LogP contribution is -2.40. The zero-order chi connectivity index (χ0) is 23.8. The Kier molecular flexibility index (Phi) is 7.99. The number of furan rings is 1. The molecule has 2 aliphatic rings. The van der Waals surface area contributed by atoms with Crippen LogP contribution in [-0.4, -0.2) is 83.4 Å². The fourth-order valence-corrected chi connectivity index (χ4v) is 3.80. The Bertz CT molecular complexity index is 984. The zero-order valence-electron chi connectivity index (χ0n) is 18.9. The maximum absolute atomic E-state index is 12.6. The maximum atomic E-state index is 12.6. The van der Waals surface area contributed by atoms with Crippen LogP contribution in [0.25, 0.3) is 0 Å². The molecule has 34 heavy (non-hydrogen) atoms. The lowest BCUT2D eigenvalue weighted by atomic mass is 10.1. The van der Waals surface area contributed by atoms with Crippen LogP contribution in [0, 0.1) is 0 Å². The van der Waals surface area contributed by atoms with Crippen LogP contribution in [0.4, 0.5) is 17.1 Å². The summed E-state index contributed by atoms with van der Waals surface area (Å²) in [5.41, 5.74) is 2.66. The number of anilines is 3. The van der Waals surface area contributed by atoms with Gasteiger partial charge in [0, 0.05) is 31.9 Å². The number of hydrogen-bond donors (Lipinski definition) is 3. The first-order chi connectivity index (χ1) is 16.6. The summed E-state index contributed by atoms with van der Waals surface area (Å²) in [7, 11) is 0. The van der Waals surface area contributed by atoms with Gasteiger partial charge in [0.15, 0.2) is 5.76 Å². The summed E-state index contributed by atoms with van der Waals surface area (Å²) in [4.78, 5) is 40.9. The Morgan fingerprint density at radius 2 is 1.50 bits per heavy atom. The van der Waals surface area contributed by atoms with Crippen LogP contribution < -0.4 is 25.8 Å². The van der Waals surface area contributed by atoms with Gasteiger partial charge in [-0.25, -0.2) is 0 Å². The molecular weight excluding hydrogens is 442 g/mol. The number of ether oxygens (including phenoxy) is 2. The number of morpholine rings is 2. The van der Waals surface area contributed by atoms with E-state index in [-0.39, 0.29) is 24.8 Å². The van der Waals surface area contributed by atoms with Crippen LogP contribution in [0.2, 0.25) is 0 Å². The number of hydrogen-bond acceptors (Lipinski definition) is 8. The highest BCUT2D eigenvalue weighted by molar-refractivity contribution is 5.99. The van der Waals surface area contributed by atoms with Gasteiger partial charge in [0.05, 0.1) is 57.2 Å². The summed E-state index contributed by atoms with van der Waals surface area (Å²) >= 11 is 0. The highest BCUT2D eigenvalue weighted by Gasteiger charge is 2.20. The number of nitrogens with one attached hydrogen (secondary N) is 3. The van der Waals surface area contributed by atoms with E-state index in [1.54, 1.807) is 6.07 Å². The maximum Gasteiger partial charge on any atom is 0.287 e. The van der Waals surface area contributed by atoms with Crippen molar-refractivity contribution in [2.45, 2.75) is 0 Å². The highest BCUT2D eigenvalue weighted by Crippen LogP contribution is 2.32. The van der Waals surface area contributed by atoms with Crippen molar-refractivity contribution in [2.75, 3.05) is 80.8 Å². The lowest BCUT2D eigenvalue weighted by molar-refractivity contribution is -0.123. The molecule has 3 amide bonds. The van der Waals surface area contributed by atoms with Gasteiger partial charge in [0.2, 0.25) is 11.8 Å². The second-order valence-corrected chi connectivity index (χ2v) is 7.89. The second-order valence-electron chi connectivity index (χ2n) is 7.89. The van der Waals surface area contributed by atoms with E-state index in [1.807, 2.05) is 12.1 Å². The van der Waals surface area contributed by atoms with E-state index < -0.39 is 11.8 Å². The molecule has 2 fully saturated rings. The van der Waals surface area contributed by atoms with Crippen LogP contribution in [-0.2, 0) is 19.1 Å². The first-order valence-electron chi connectivity index (χ1n) is 11.3.